The van der Waals surface area contributed by atoms with Crippen LogP contribution in [0.25, 0.3) is 11.1 Å². The predicted molar refractivity (Wildman–Crippen MR) is 86.8 cm³/mol. The Morgan fingerprint density at radius 2 is 1.95 bits per heavy atom. The fraction of sp³-hybridized carbons (Fsp3) is 0. The average Bonchev–Trinajstić information content (AvgIpc) is 2.83. The van der Waals surface area contributed by atoms with Gasteiger partial charge in [-0.2, -0.15) is 0 Å². The number of aromatic nitrogens is 1. The summed E-state index contributed by atoms with van der Waals surface area (Å²) >= 11 is 10.3. The van der Waals surface area contributed by atoms with Crippen LogP contribution in [0.2, 0.25) is 0 Å². The number of fused-ring (bicyclic) bond motifs is 1. The third-order valence-corrected chi connectivity index (χ3v) is 3.44. The summed E-state index contributed by atoms with van der Waals surface area (Å²) < 4.78 is 12.3. The van der Waals surface area contributed by atoms with E-state index < -0.39 is 4.92 Å². The zero-order valence-electron chi connectivity index (χ0n) is 11.0. The molecule has 0 saturated carbocycles. The van der Waals surface area contributed by atoms with Crippen LogP contribution in [-0.4, -0.2) is 14.7 Å². The first-order valence-electron chi connectivity index (χ1n) is 6.13. The second-order valence-electron chi connectivity index (χ2n) is 4.29. The number of para-hydroxylation sites is 1. The van der Waals surface area contributed by atoms with Gasteiger partial charge in [0.05, 0.1) is 16.5 Å². The topological polar surface area (TPSA) is 70.4 Å². The van der Waals surface area contributed by atoms with Gasteiger partial charge in [0.2, 0.25) is 0 Å². The Labute approximate surface area is 134 Å². The normalized spacial score (nSPS) is 10.5. The highest BCUT2D eigenvalue weighted by Gasteiger charge is 2.16. The van der Waals surface area contributed by atoms with E-state index in [1.165, 1.54) is 22.8 Å². The van der Waals surface area contributed by atoms with Crippen LogP contribution in [0, 0.1) is 15.0 Å². The van der Waals surface area contributed by atoms with Crippen LogP contribution in [0.3, 0.4) is 0 Å². The largest absolute Gasteiger partial charge is 0.431 e. The van der Waals surface area contributed by atoms with Crippen LogP contribution < -0.4 is 4.74 Å². The molecule has 6 nitrogen and oxygen atoms in total. The van der Waals surface area contributed by atoms with Gasteiger partial charge >= 0.3 is 0 Å². The first-order valence-corrected chi connectivity index (χ1v) is 6.95. The van der Waals surface area contributed by atoms with Crippen molar-refractivity contribution in [1.29, 1.82) is 0 Å². The summed E-state index contributed by atoms with van der Waals surface area (Å²) in [5.74, 6) is 0.561. The Morgan fingerprint density at radius 1 is 1.23 bits per heavy atom. The minimum Gasteiger partial charge on any atom is -0.431 e. The number of thiocarbonyl (C=S) groups is 1. The van der Waals surface area contributed by atoms with Crippen LogP contribution in [0.5, 0.6) is 5.75 Å². The highest BCUT2D eigenvalue weighted by molar-refractivity contribution is 7.80. The lowest BCUT2D eigenvalue weighted by molar-refractivity contribution is -0.384. The number of nitro benzene ring substituents is 1. The molecular formula is C14H8N2O4S2. The predicted octanol–water partition coefficient (Wildman–Crippen LogP) is 4.08. The van der Waals surface area contributed by atoms with Crippen LogP contribution in [0.15, 0.2) is 52.9 Å². The van der Waals surface area contributed by atoms with Crippen molar-refractivity contribution < 1.29 is 14.1 Å². The van der Waals surface area contributed by atoms with Gasteiger partial charge in [0.15, 0.2) is 5.58 Å². The molecular weight excluding hydrogens is 324 g/mol. The van der Waals surface area contributed by atoms with Crippen LogP contribution in [-0.2, 0) is 0 Å². The molecule has 0 N–H and O–H groups in total. The van der Waals surface area contributed by atoms with Crippen molar-refractivity contribution >= 4 is 46.4 Å². The number of non-ortho nitro benzene ring substituents is 1. The second kappa shape index (κ2) is 5.66. The van der Waals surface area contributed by atoms with Crippen molar-refractivity contribution in [3.05, 3.63) is 63.5 Å². The molecule has 0 amide bonds. The number of ether oxygens (including phenoxy) is 1. The Morgan fingerprint density at radius 3 is 2.64 bits per heavy atom. The maximum absolute atomic E-state index is 10.8. The number of benzene rings is 2. The smallest absolute Gasteiger partial charge is 0.277 e. The molecule has 0 aliphatic rings. The molecule has 3 aromatic rings. The molecule has 1 heterocycles. The standard InChI is InChI=1S/C14H8N2O4S2/c17-16(18)9-6-7-11-12(8-9)20-14(22)15(11)13(21)19-10-4-2-1-3-5-10/h1-8H. The quantitative estimate of drug-likeness (QED) is 0.400. The van der Waals surface area contributed by atoms with Gasteiger partial charge in [-0.05, 0) is 42.6 Å². The van der Waals surface area contributed by atoms with Gasteiger partial charge < -0.3 is 9.15 Å². The molecule has 1 aromatic heterocycles. The summed E-state index contributed by atoms with van der Waals surface area (Å²) in [5, 5.41) is 10.9. The molecule has 0 atom stereocenters. The van der Waals surface area contributed by atoms with E-state index in [9.17, 15) is 10.1 Å². The zero-order valence-corrected chi connectivity index (χ0v) is 12.6. The van der Waals surface area contributed by atoms with Crippen molar-refractivity contribution in [2.45, 2.75) is 0 Å². The Hall–Kier alpha value is -2.58. The maximum atomic E-state index is 10.8. The number of oxazole rings is 1. The molecule has 0 unspecified atom stereocenters. The van der Waals surface area contributed by atoms with E-state index in [1.54, 1.807) is 12.1 Å². The van der Waals surface area contributed by atoms with Gasteiger partial charge in [0.1, 0.15) is 5.75 Å². The van der Waals surface area contributed by atoms with E-state index in [1.807, 2.05) is 18.2 Å². The number of rotatable bonds is 2. The van der Waals surface area contributed by atoms with Crippen molar-refractivity contribution in [3.8, 4) is 5.75 Å². The summed E-state index contributed by atoms with van der Waals surface area (Å²) in [6.45, 7) is 0. The third kappa shape index (κ3) is 2.61. The van der Waals surface area contributed by atoms with Gasteiger partial charge in [0, 0.05) is 6.07 Å². The Bertz CT molecular complexity index is 931. The number of hydrogen-bond donors (Lipinski definition) is 0. The van der Waals surface area contributed by atoms with Crippen molar-refractivity contribution in [1.82, 2.24) is 4.57 Å². The van der Waals surface area contributed by atoms with Crippen molar-refractivity contribution in [2.24, 2.45) is 0 Å². The molecule has 0 fully saturated rings. The molecule has 8 heteroatoms. The molecule has 0 bridgehead atoms. The molecule has 22 heavy (non-hydrogen) atoms. The minimum atomic E-state index is -0.506. The average molecular weight is 332 g/mol. The molecule has 0 spiro atoms. The summed E-state index contributed by atoms with van der Waals surface area (Å²) in [7, 11) is 0. The van der Waals surface area contributed by atoms with Gasteiger partial charge in [-0.25, -0.2) is 4.57 Å². The summed E-state index contributed by atoms with van der Waals surface area (Å²) in [6, 6.07) is 13.2. The molecule has 0 aliphatic heterocycles. The lowest BCUT2D eigenvalue weighted by atomic mass is 10.3. The van der Waals surface area contributed by atoms with E-state index in [2.05, 4.69) is 0 Å². The number of nitro groups is 1. The summed E-state index contributed by atoms with van der Waals surface area (Å²) in [6.07, 6.45) is 0. The highest BCUT2D eigenvalue weighted by atomic mass is 32.1. The summed E-state index contributed by atoms with van der Waals surface area (Å²) in [4.78, 5) is 10.4. The lowest BCUT2D eigenvalue weighted by Gasteiger charge is -2.07. The number of nitrogens with zero attached hydrogens (tertiary/aromatic N) is 2. The van der Waals surface area contributed by atoms with Gasteiger partial charge in [0.25, 0.3) is 15.7 Å². The molecule has 110 valence electrons. The number of hydrogen-bond acceptors (Lipinski definition) is 6. The lowest BCUT2D eigenvalue weighted by Crippen LogP contribution is -2.16. The molecule has 3 rings (SSSR count). The molecule has 0 aliphatic carbocycles. The molecule has 0 saturated heterocycles. The first kappa shape index (κ1) is 14.4. The second-order valence-corrected chi connectivity index (χ2v) is 4.99. The molecule has 0 radical (unpaired) electrons. The Balaban J connectivity index is 2.03. The third-order valence-electron chi connectivity index (χ3n) is 2.91. The first-order chi connectivity index (χ1) is 10.6. The monoisotopic (exact) mass is 332 g/mol. The SMILES string of the molecule is O=[N+]([O-])c1ccc2c(c1)oc(=S)n2C(=S)Oc1ccccc1. The van der Waals surface area contributed by atoms with E-state index in [4.69, 9.17) is 33.6 Å². The zero-order chi connectivity index (χ0) is 15.7. The summed E-state index contributed by atoms with van der Waals surface area (Å²) in [5.41, 5.74) is 0.702. The minimum absolute atomic E-state index is 0.0661. The fourth-order valence-corrected chi connectivity index (χ4v) is 2.54. The van der Waals surface area contributed by atoms with Crippen molar-refractivity contribution in [3.63, 3.8) is 0 Å². The van der Waals surface area contributed by atoms with Crippen LogP contribution >= 0.6 is 24.4 Å². The van der Waals surface area contributed by atoms with E-state index in [0.29, 0.717) is 11.3 Å². The van der Waals surface area contributed by atoms with Crippen LogP contribution in [0.1, 0.15) is 0 Å². The fourth-order valence-electron chi connectivity index (χ4n) is 1.93. The maximum Gasteiger partial charge on any atom is 0.277 e. The van der Waals surface area contributed by atoms with Crippen LogP contribution in [0.4, 0.5) is 5.69 Å². The van der Waals surface area contributed by atoms with E-state index in [0.717, 1.165) is 0 Å². The highest BCUT2D eigenvalue weighted by Crippen LogP contribution is 2.23. The van der Waals surface area contributed by atoms with Crippen molar-refractivity contribution in [2.75, 3.05) is 0 Å². The van der Waals surface area contributed by atoms with Gasteiger partial charge in [-0.3, -0.25) is 10.1 Å². The van der Waals surface area contributed by atoms with Gasteiger partial charge in [-0.15, -0.1) is 0 Å². The Kier molecular flexibility index (Phi) is 3.70. The van der Waals surface area contributed by atoms with E-state index in [-0.39, 0.29) is 21.3 Å². The molecule has 2 aromatic carbocycles. The van der Waals surface area contributed by atoms with Gasteiger partial charge in [-0.1, -0.05) is 18.2 Å². The van der Waals surface area contributed by atoms with E-state index >= 15 is 0 Å².